The summed E-state index contributed by atoms with van der Waals surface area (Å²) in [6.45, 7) is 2.05. The van der Waals surface area contributed by atoms with Crippen LogP contribution >= 0.6 is 0 Å². The SMILES string of the molecule is Cc1ccnc2ccc(NC(=O)Cc3ccc(-c4ccccc4)cc3)cc12. The standard InChI is InChI=1S/C24H20N2O/c1-17-13-14-25-23-12-11-21(16-22(17)23)26-24(27)15-18-7-9-20(10-8-18)19-5-3-2-4-6-19/h2-14,16H,15H2,1H3,(H,26,27). The largest absolute Gasteiger partial charge is 0.326 e. The lowest BCUT2D eigenvalue weighted by atomic mass is 10.0. The van der Waals surface area contributed by atoms with Crippen molar-refractivity contribution in [2.75, 3.05) is 5.32 Å². The second kappa shape index (κ2) is 7.42. The van der Waals surface area contributed by atoms with Crippen molar-refractivity contribution in [2.24, 2.45) is 0 Å². The second-order valence-electron chi connectivity index (χ2n) is 6.65. The number of fused-ring (bicyclic) bond motifs is 1. The van der Waals surface area contributed by atoms with E-state index in [2.05, 4.69) is 34.6 Å². The summed E-state index contributed by atoms with van der Waals surface area (Å²) in [5.41, 5.74) is 6.19. The minimum atomic E-state index is -0.0247. The Morgan fingerprint density at radius 3 is 2.41 bits per heavy atom. The van der Waals surface area contributed by atoms with Crippen LogP contribution in [0.25, 0.3) is 22.0 Å². The van der Waals surface area contributed by atoms with Crippen molar-refractivity contribution in [3.8, 4) is 11.1 Å². The van der Waals surface area contributed by atoms with Crippen molar-refractivity contribution in [2.45, 2.75) is 13.3 Å². The fourth-order valence-corrected chi connectivity index (χ4v) is 3.20. The van der Waals surface area contributed by atoms with Crippen LogP contribution in [0.3, 0.4) is 0 Å². The zero-order valence-corrected chi connectivity index (χ0v) is 15.1. The molecule has 0 spiro atoms. The van der Waals surface area contributed by atoms with Gasteiger partial charge in [0.25, 0.3) is 0 Å². The first kappa shape index (κ1) is 17.0. The van der Waals surface area contributed by atoms with E-state index >= 15 is 0 Å². The molecule has 0 fully saturated rings. The lowest BCUT2D eigenvalue weighted by Crippen LogP contribution is -2.14. The van der Waals surface area contributed by atoms with Crippen molar-refractivity contribution in [3.05, 3.63) is 96.2 Å². The molecule has 4 rings (SSSR count). The molecule has 0 saturated carbocycles. The first-order valence-corrected chi connectivity index (χ1v) is 8.99. The first-order chi connectivity index (χ1) is 13.2. The normalized spacial score (nSPS) is 10.7. The van der Waals surface area contributed by atoms with Crippen LogP contribution in [-0.2, 0) is 11.2 Å². The van der Waals surface area contributed by atoms with E-state index in [1.807, 2.05) is 61.5 Å². The molecule has 27 heavy (non-hydrogen) atoms. The summed E-state index contributed by atoms with van der Waals surface area (Å²) in [5, 5.41) is 4.05. The van der Waals surface area contributed by atoms with E-state index in [0.29, 0.717) is 6.42 Å². The van der Waals surface area contributed by atoms with Crippen molar-refractivity contribution in [1.29, 1.82) is 0 Å². The van der Waals surface area contributed by atoms with Crippen LogP contribution in [0.2, 0.25) is 0 Å². The summed E-state index contributed by atoms with van der Waals surface area (Å²) >= 11 is 0. The summed E-state index contributed by atoms with van der Waals surface area (Å²) in [6, 6.07) is 26.1. The van der Waals surface area contributed by atoms with Gasteiger partial charge in [0.05, 0.1) is 11.9 Å². The van der Waals surface area contributed by atoms with E-state index in [-0.39, 0.29) is 5.91 Å². The Morgan fingerprint density at radius 2 is 1.63 bits per heavy atom. The van der Waals surface area contributed by atoms with Crippen LogP contribution in [0, 0.1) is 6.92 Å². The Balaban J connectivity index is 1.46. The molecule has 0 aliphatic carbocycles. The number of aromatic nitrogens is 1. The topological polar surface area (TPSA) is 42.0 Å². The molecular formula is C24H20N2O. The van der Waals surface area contributed by atoms with Crippen LogP contribution in [0.15, 0.2) is 85.1 Å². The summed E-state index contributed by atoms with van der Waals surface area (Å²) in [6.07, 6.45) is 2.15. The van der Waals surface area contributed by atoms with Crippen molar-refractivity contribution in [1.82, 2.24) is 4.98 Å². The molecule has 0 aliphatic rings. The van der Waals surface area contributed by atoms with Crippen LogP contribution in [0.1, 0.15) is 11.1 Å². The van der Waals surface area contributed by atoms with E-state index in [1.54, 1.807) is 6.20 Å². The number of aryl methyl sites for hydroxylation is 1. The molecule has 3 aromatic carbocycles. The third-order valence-electron chi connectivity index (χ3n) is 4.67. The quantitative estimate of drug-likeness (QED) is 0.535. The van der Waals surface area contributed by atoms with Gasteiger partial charge in [-0.3, -0.25) is 9.78 Å². The van der Waals surface area contributed by atoms with Gasteiger partial charge in [-0.25, -0.2) is 0 Å². The maximum Gasteiger partial charge on any atom is 0.228 e. The highest BCUT2D eigenvalue weighted by Gasteiger charge is 2.07. The van der Waals surface area contributed by atoms with Crippen LogP contribution in [0.5, 0.6) is 0 Å². The molecule has 1 heterocycles. The summed E-state index contributed by atoms with van der Waals surface area (Å²) in [7, 11) is 0. The number of carbonyl (C=O) groups is 1. The molecule has 0 unspecified atom stereocenters. The van der Waals surface area contributed by atoms with Crippen molar-refractivity contribution < 1.29 is 4.79 Å². The monoisotopic (exact) mass is 352 g/mol. The maximum absolute atomic E-state index is 12.4. The molecule has 0 radical (unpaired) electrons. The highest BCUT2D eigenvalue weighted by atomic mass is 16.1. The zero-order valence-electron chi connectivity index (χ0n) is 15.1. The Bertz CT molecular complexity index is 1090. The summed E-state index contributed by atoms with van der Waals surface area (Å²) in [5.74, 6) is -0.0247. The Labute approximate surface area is 158 Å². The number of rotatable bonds is 4. The predicted octanol–water partition coefficient (Wildman–Crippen LogP) is 5.39. The number of benzene rings is 3. The van der Waals surface area contributed by atoms with Gasteiger partial charge in [0, 0.05) is 17.3 Å². The molecular weight excluding hydrogens is 332 g/mol. The van der Waals surface area contributed by atoms with Gasteiger partial charge in [-0.15, -0.1) is 0 Å². The van der Waals surface area contributed by atoms with Gasteiger partial charge in [0.2, 0.25) is 5.91 Å². The highest BCUT2D eigenvalue weighted by molar-refractivity contribution is 5.95. The average Bonchev–Trinajstić information content (AvgIpc) is 2.70. The number of nitrogens with zero attached hydrogens (tertiary/aromatic N) is 1. The minimum Gasteiger partial charge on any atom is -0.326 e. The van der Waals surface area contributed by atoms with E-state index < -0.39 is 0 Å². The number of hydrogen-bond acceptors (Lipinski definition) is 2. The Kier molecular flexibility index (Phi) is 4.67. The van der Waals surface area contributed by atoms with Crippen LogP contribution < -0.4 is 5.32 Å². The van der Waals surface area contributed by atoms with E-state index in [4.69, 9.17) is 0 Å². The average molecular weight is 352 g/mol. The molecule has 3 heteroatoms. The third kappa shape index (κ3) is 3.87. The van der Waals surface area contributed by atoms with Gasteiger partial charge in [0.15, 0.2) is 0 Å². The molecule has 0 bridgehead atoms. The van der Waals surface area contributed by atoms with Gasteiger partial charge in [-0.05, 0) is 53.4 Å². The van der Waals surface area contributed by atoms with Gasteiger partial charge in [-0.2, -0.15) is 0 Å². The number of hydrogen-bond donors (Lipinski definition) is 1. The molecule has 1 amide bonds. The molecule has 1 N–H and O–H groups in total. The number of nitrogens with one attached hydrogen (secondary N) is 1. The number of carbonyl (C=O) groups excluding carboxylic acids is 1. The molecule has 132 valence electrons. The third-order valence-corrected chi connectivity index (χ3v) is 4.67. The zero-order chi connectivity index (χ0) is 18.6. The smallest absolute Gasteiger partial charge is 0.228 e. The highest BCUT2D eigenvalue weighted by Crippen LogP contribution is 2.22. The number of anilines is 1. The van der Waals surface area contributed by atoms with Gasteiger partial charge < -0.3 is 5.32 Å². The fourth-order valence-electron chi connectivity index (χ4n) is 3.20. The molecule has 0 aliphatic heterocycles. The van der Waals surface area contributed by atoms with Crippen molar-refractivity contribution in [3.63, 3.8) is 0 Å². The van der Waals surface area contributed by atoms with E-state index in [9.17, 15) is 4.79 Å². The van der Waals surface area contributed by atoms with Gasteiger partial charge in [-0.1, -0.05) is 54.6 Å². The van der Waals surface area contributed by atoms with E-state index in [0.717, 1.165) is 33.3 Å². The predicted molar refractivity (Wildman–Crippen MR) is 111 cm³/mol. The first-order valence-electron chi connectivity index (χ1n) is 8.99. The van der Waals surface area contributed by atoms with Gasteiger partial charge in [0.1, 0.15) is 0 Å². The molecule has 0 saturated heterocycles. The minimum absolute atomic E-state index is 0.0247. The molecule has 3 nitrogen and oxygen atoms in total. The summed E-state index contributed by atoms with van der Waals surface area (Å²) in [4.78, 5) is 16.8. The molecule has 0 atom stereocenters. The van der Waals surface area contributed by atoms with Crippen LogP contribution in [0.4, 0.5) is 5.69 Å². The molecule has 1 aromatic heterocycles. The Morgan fingerprint density at radius 1 is 0.889 bits per heavy atom. The number of amides is 1. The van der Waals surface area contributed by atoms with Gasteiger partial charge >= 0.3 is 0 Å². The lowest BCUT2D eigenvalue weighted by Gasteiger charge is -2.08. The second-order valence-corrected chi connectivity index (χ2v) is 6.65. The maximum atomic E-state index is 12.4. The fraction of sp³-hybridized carbons (Fsp3) is 0.0833. The van der Waals surface area contributed by atoms with E-state index in [1.165, 1.54) is 5.56 Å². The Hall–Kier alpha value is -3.46. The summed E-state index contributed by atoms with van der Waals surface area (Å²) < 4.78 is 0. The van der Waals surface area contributed by atoms with Crippen LogP contribution in [-0.4, -0.2) is 10.9 Å². The number of pyridine rings is 1. The molecule has 4 aromatic rings. The lowest BCUT2D eigenvalue weighted by molar-refractivity contribution is -0.115. The van der Waals surface area contributed by atoms with Crippen molar-refractivity contribution >= 4 is 22.5 Å².